The summed E-state index contributed by atoms with van der Waals surface area (Å²) in [7, 11) is 0. The number of hydrogen-bond donors (Lipinski definition) is 1. The maximum Gasteiger partial charge on any atom is 0.253 e. The van der Waals surface area contributed by atoms with E-state index >= 15 is 0 Å². The van der Waals surface area contributed by atoms with Gasteiger partial charge < -0.3 is 5.73 Å². The van der Waals surface area contributed by atoms with Crippen molar-refractivity contribution in [3.63, 3.8) is 0 Å². The largest absolute Gasteiger partial charge is 0.365 e. The molecule has 1 aromatic heterocycles. The molecule has 0 saturated carbocycles. The Labute approximate surface area is 85.2 Å². The highest BCUT2D eigenvalue weighted by Gasteiger charge is 2.18. The fourth-order valence-corrected chi connectivity index (χ4v) is 1.33. The third-order valence-electron chi connectivity index (χ3n) is 1.62. The second kappa shape index (κ2) is 3.14. The van der Waals surface area contributed by atoms with Crippen molar-refractivity contribution in [1.29, 1.82) is 0 Å². The van der Waals surface area contributed by atoms with Gasteiger partial charge in [-0.25, -0.2) is 0 Å². The fourth-order valence-electron chi connectivity index (χ4n) is 0.862. The van der Waals surface area contributed by atoms with Crippen molar-refractivity contribution in [3.8, 4) is 0 Å². The van der Waals surface area contributed by atoms with Gasteiger partial charge in [0, 0.05) is 6.20 Å². The van der Waals surface area contributed by atoms with Crippen molar-refractivity contribution >= 4 is 21.8 Å². The Morgan fingerprint density at radius 3 is 2.38 bits per heavy atom. The standard InChI is InChI=1S/C8H12BrN3O/c1-8(2,3)12-4-5(7(10)13)6(9)11-12/h4H,1-3H3,(H2,10,13). The zero-order valence-corrected chi connectivity index (χ0v) is 9.42. The minimum atomic E-state index is -0.470. The molecule has 1 aromatic rings. The molecular formula is C8H12BrN3O. The molecule has 0 aliphatic carbocycles. The number of hydrogen-bond acceptors (Lipinski definition) is 2. The molecule has 2 N–H and O–H groups in total. The number of halogens is 1. The van der Waals surface area contributed by atoms with Gasteiger partial charge in [-0.05, 0) is 36.7 Å². The molecule has 0 spiro atoms. The van der Waals surface area contributed by atoms with Gasteiger partial charge in [-0.2, -0.15) is 5.10 Å². The summed E-state index contributed by atoms with van der Waals surface area (Å²) in [6.45, 7) is 5.99. The van der Waals surface area contributed by atoms with E-state index in [0.717, 1.165) is 0 Å². The Balaban J connectivity index is 3.17. The van der Waals surface area contributed by atoms with Crippen LogP contribution in [0.3, 0.4) is 0 Å². The van der Waals surface area contributed by atoms with Gasteiger partial charge in [0.25, 0.3) is 5.91 Å². The third kappa shape index (κ3) is 2.09. The maximum atomic E-state index is 10.9. The van der Waals surface area contributed by atoms with Gasteiger partial charge in [0.1, 0.15) is 4.60 Å². The van der Waals surface area contributed by atoms with Crippen molar-refractivity contribution in [2.75, 3.05) is 0 Å². The molecule has 1 heterocycles. The van der Waals surface area contributed by atoms with Crippen LogP contribution in [0.2, 0.25) is 0 Å². The highest BCUT2D eigenvalue weighted by Crippen LogP contribution is 2.19. The van der Waals surface area contributed by atoms with Crippen LogP contribution < -0.4 is 5.73 Å². The first-order valence-corrected chi connectivity index (χ1v) is 4.67. The summed E-state index contributed by atoms with van der Waals surface area (Å²) in [6.07, 6.45) is 1.65. The van der Waals surface area contributed by atoms with Crippen molar-refractivity contribution in [2.24, 2.45) is 5.73 Å². The van der Waals surface area contributed by atoms with Crippen molar-refractivity contribution in [3.05, 3.63) is 16.4 Å². The van der Waals surface area contributed by atoms with E-state index in [1.165, 1.54) is 0 Å². The summed E-state index contributed by atoms with van der Waals surface area (Å²) < 4.78 is 2.20. The Morgan fingerprint density at radius 2 is 2.15 bits per heavy atom. The summed E-state index contributed by atoms with van der Waals surface area (Å²) >= 11 is 3.18. The Bertz CT molecular complexity index is 338. The molecule has 0 bridgehead atoms. The van der Waals surface area contributed by atoms with Crippen LogP contribution in [0.4, 0.5) is 0 Å². The van der Waals surface area contributed by atoms with E-state index in [-0.39, 0.29) is 5.54 Å². The molecule has 1 rings (SSSR count). The number of carbonyl (C=O) groups excluding carboxylic acids is 1. The molecule has 1 amide bonds. The first-order valence-electron chi connectivity index (χ1n) is 3.88. The zero-order valence-electron chi connectivity index (χ0n) is 7.84. The Hall–Kier alpha value is -0.840. The highest BCUT2D eigenvalue weighted by atomic mass is 79.9. The molecular weight excluding hydrogens is 234 g/mol. The van der Waals surface area contributed by atoms with Crippen molar-refractivity contribution < 1.29 is 4.79 Å². The lowest BCUT2D eigenvalue weighted by Crippen LogP contribution is -2.22. The molecule has 4 nitrogen and oxygen atoms in total. The molecule has 0 saturated heterocycles. The summed E-state index contributed by atoms with van der Waals surface area (Å²) in [6, 6.07) is 0. The van der Waals surface area contributed by atoms with E-state index in [2.05, 4.69) is 21.0 Å². The second-order valence-electron chi connectivity index (χ2n) is 3.81. The molecule has 0 atom stereocenters. The smallest absolute Gasteiger partial charge is 0.253 e. The van der Waals surface area contributed by atoms with E-state index in [4.69, 9.17) is 5.73 Å². The van der Waals surface area contributed by atoms with Gasteiger partial charge in [-0.1, -0.05) is 0 Å². The summed E-state index contributed by atoms with van der Waals surface area (Å²) in [4.78, 5) is 10.9. The number of aromatic nitrogens is 2. The summed E-state index contributed by atoms with van der Waals surface area (Å²) in [5.41, 5.74) is 5.42. The van der Waals surface area contributed by atoms with Crippen molar-refractivity contribution in [2.45, 2.75) is 26.3 Å². The van der Waals surface area contributed by atoms with E-state index in [1.807, 2.05) is 20.8 Å². The van der Waals surface area contributed by atoms with Crippen LogP contribution >= 0.6 is 15.9 Å². The van der Waals surface area contributed by atoms with E-state index in [1.54, 1.807) is 10.9 Å². The predicted octanol–water partition coefficient (Wildman–Crippen LogP) is 1.50. The molecule has 0 aliphatic heterocycles. The monoisotopic (exact) mass is 245 g/mol. The number of nitrogens with zero attached hydrogens (tertiary/aromatic N) is 2. The first kappa shape index (κ1) is 10.2. The minimum Gasteiger partial charge on any atom is -0.365 e. The summed E-state index contributed by atoms with van der Waals surface area (Å²) in [5, 5.41) is 4.14. The van der Waals surface area contributed by atoms with Gasteiger partial charge in [0.05, 0.1) is 11.1 Å². The summed E-state index contributed by atoms with van der Waals surface area (Å²) in [5.74, 6) is -0.470. The van der Waals surface area contributed by atoms with Crippen LogP contribution in [-0.2, 0) is 5.54 Å². The Kier molecular flexibility index (Phi) is 2.47. The fraction of sp³-hybridized carbons (Fsp3) is 0.500. The van der Waals surface area contributed by atoms with E-state index in [0.29, 0.717) is 10.2 Å². The Morgan fingerprint density at radius 1 is 1.62 bits per heavy atom. The molecule has 13 heavy (non-hydrogen) atoms. The van der Waals surface area contributed by atoms with Crippen molar-refractivity contribution in [1.82, 2.24) is 9.78 Å². The molecule has 0 radical (unpaired) electrons. The van der Waals surface area contributed by atoms with Crippen LogP contribution in [0.5, 0.6) is 0 Å². The van der Waals surface area contributed by atoms with Crippen LogP contribution in [0.1, 0.15) is 31.1 Å². The molecule has 0 aliphatic rings. The number of carbonyl (C=O) groups is 1. The van der Waals surface area contributed by atoms with Gasteiger partial charge in [-0.15, -0.1) is 0 Å². The quantitative estimate of drug-likeness (QED) is 0.816. The average molecular weight is 246 g/mol. The van der Waals surface area contributed by atoms with Crippen LogP contribution in [0.15, 0.2) is 10.8 Å². The molecule has 0 aromatic carbocycles. The number of amides is 1. The topological polar surface area (TPSA) is 60.9 Å². The molecule has 0 fully saturated rings. The SMILES string of the molecule is CC(C)(C)n1cc(C(N)=O)c(Br)n1. The zero-order chi connectivity index (χ0) is 10.2. The van der Waals surface area contributed by atoms with E-state index < -0.39 is 5.91 Å². The average Bonchev–Trinajstić information content (AvgIpc) is 2.29. The number of rotatable bonds is 1. The van der Waals surface area contributed by atoms with E-state index in [9.17, 15) is 4.79 Å². The molecule has 0 unspecified atom stereocenters. The van der Waals surface area contributed by atoms with Gasteiger partial charge in [-0.3, -0.25) is 9.48 Å². The lowest BCUT2D eigenvalue weighted by Gasteiger charge is -2.18. The molecule has 72 valence electrons. The molecule has 5 heteroatoms. The van der Waals surface area contributed by atoms with Gasteiger partial charge in [0.2, 0.25) is 0 Å². The lowest BCUT2D eigenvalue weighted by molar-refractivity contribution is 0.0999. The first-order chi connectivity index (χ1) is 5.82. The number of nitrogens with two attached hydrogens (primary N) is 1. The normalized spacial score (nSPS) is 11.7. The second-order valence-corrected chi connectivity index (χ2v) is 4.56. The van der Waals surface area contributed by atoms with Crippen LogP contribution in [0.25, 0.3) is 0 Å². The highest BCUT2D eigenvalue weighted by molar-refractivity contribution is 9.10. The maximum absolute atomic E-state index is 10.9. The lowest BCUT2D eigenvalue weighted by atomic mass is 10.1. The van der Waals surface area contributed by atoms with Crippen LogP contribution in [0, 0.1) is 0 Å². The predicted molar refractivity (Wildman–Crippen MR) is 53.4 cm³/mol. The number of primary amides is 1. The van der Waals surface area contributed by atoms with Crippen LogP contribution in [-0.4, -0.2) is 15.7 Å². The minimum absolute atomic E-state index is 0.143. The van der Waals surface area contributed by atoms with Gasteiger partial charge >= 0.3 is 0 Å². The van der Waals surface area contributed by atoms with Gasteiger partial charge in [0.15, 0.2) is 0 Å². The third-order valence-corrected chi connectivity index (χ3v) is 2.21.